The Morgan fingerprint density at radius 1 is 1.14 bits per heavy atom. The first-order valence-corrected chi connectivity index (χ1v) is 13.0. The molecule has 0 bridgehead atoms. The van der Waals surface area contributed by atoms with E-state index in [0.29, 0.717) is 23.2 Å². The number of hydrogen-bond donors (Lipinski definition) is 1. The fourth-order valence-electron chi connectivity index (χ4n) is 5.34. The van der Waals surface area contributed by atoms with Gasteiger partial charge < -0.3 is 19.4 Å². The smallest absolute Gasteiger partial charge is 0.308 e. The summed E-state index contributed by atoms with van der Waals surface area (Å²) in [6.07, 6.45) is 8.38. The summed E-state index contributed by atoms with van der Waals surface area (Å²) in [6.45, 7) is 2.53. The zero-order valence-electron chi connectivity index (χ0n) is 20.4. The number of nitrogens with one attached hydrogen (secondary N) is 1. The molecule has 1 N–H and O–H groups in total. The van der Waals surface area contributed by atoms with Crippen LogP contribution < -0.4 is 5.32 Å². The number of ether oxygens (including phenoxy) is 2. The average molecular weight is 511 g/mol. The fraction of sp³-hybridized carbons (Fsp3) is 0.481. The lowest BCUT2D eigenvalue weighted by molar-refractivity contribution is -0.147. The monoisotopic (exact) mass is 510 g/mol. The fourth-order valence-corrected chi connectivity index (χ4v) is 5.55. The SMILES string of the molecule is COC(=O)[C@H]1CCC[C@@H](C(=O)Nc2cc(-c3ccc4ncn(CC5CCOCC5)c4c3)c(Cl)cn2)C1. The second-order valence-electron chi connectivity index (χ2n) is 9.78. The van der Waals surface area contributed by atoms with Gasteiger partial charge in [0.1, 0.15) is 5.82 Å². The van der Waals surface area contributed by atoms with Crippen LogP contribution in [0.5, 0.6) is 0 Å². The highest BCUT2D eigenvalue weighted by molar-refractivity contribution is 6.33. The van der Waals surface area contributed by atoms with Crippen molar-refractivity contribution in [3.63, 3.8) is 0 Å². The lowest BCUT2D eigenvalue weighted by Gasteiger charge is -2.26. The van der Waals surface area contributed by atoms with Crippen LogP contribution in [0.25, 0.3) is 22.2 Å². The van der Waals surface area contributed by atoms with Gasteiger partial charge in [0.2, 0.25) is 5.91 Å². The number of imidazole rings is 1. The van der Waals surface area contributed by atoms with Crippen molar-refractivity contribution in [3.05, 3.63) is 41.8 Å². The number of pyridine rings is 1. The van der Waals surface area contributed by atoms with Gasteiger partial charge in [-0.2, -0.15) is 0 Å². The predicted molar refractivity (Wildman–Crippen MR) is 138 cm³/mol. The maximum absolute atomic E-state index is 13.0. The van der Waals surface area contributed by atoms with Gasteiger partial charge in [0.05, 0.1) is 35.4 Å². The van der Waals surface area contributed by atoms with E-state index in [1.807, 2.05) is 18.5 Å². The number of fused-ring (bicyclic) bond motifs is 1. The van der Waals surface area contributed by atoms with Crippen molar-refractivity contribution in [2.45, 2.75) is 45.1 Å². The third-order valence-corrected chi connectivity index (χ3v) is 7.72. The topological polar surface area (TPSA) is 95.3 Å². The molecular formula is C27H31ClN4O4. The molecule has 1 amide bonds. The van der Waals surface area contributed by atoms with Crippen LogP contribution in [0, 0.1) is 17.8 Å². The van der Waals surface area contributed by atoms with Crippen LogP contribution in [-0.4, -0.2) is 46.7 Å². The zero-order valence-corrected chi connectivity index (χ0v) is 21.2. The largest absolute Gasteiger partial charge is 0.469 e. The minimum Gasteiger partial charge on any atom is -0.469 e. The van der Waals surface area contributed by atoms with E-state index in [0.717, 1.165) is 74.0 Å². The summed E-state index contributed by atoms with van der Waals surface area (Å²) in [5.74, 6) is 0.158. The number of aromatic nitrogens is 3. The highest BCUT2D eigenvalue weighted by Gasteiger charge is 2.32. The molecule has 3 aromatic rings. The second-order valence-corrected chi connectivity index (χ2v) is 10.2. The normalized spacial score (nSPS) is 20.8. The summed E-state index contributed by atoms with van der Waals surface area (Å²) >= 11 is 6.54. The molecule has 2 aliphatic rings. The van der Waals surface area contributed by atoms with Crippen molar-refractivity contribution in [2.24, 2.45) is 17.8 Å². The number of anilines is 1. The number of amides is 1. The van der Waals surface area contributed by atoms with E-state index in [2.05, 4.69) is 25.9 Å². The number of esters is 1. The second kappa shape index (κ2) is 11.0. The number of nitrogens with zero attached hydrogens (tertiary/aromatic N) is 3. The van der Waals surface area contributed by atoms with Crippen molar-refractivity contribution >= 4 is 40.3 Å². The molecule has 36 heavy (non-hydrogen) atoms. The average Bonchev–Trinajstić information content (AvgIpc) is 3.31. The lowest BCUT2D eigenvalue weighted by atomic mass is 9.81. The van der Waals surface area contributed by atoms with Gasteiger partial charge in [-0.3, -0.25) is 9.59 Å². The molecule has 2 atom stereocenters. The van der Waals surface area contributed by atoms with Crippen molar-refractivity contribution in [2.75, 3.05) is 25.6 Å². The van der Waals surface area contributed by atoms with Gasteiger partial charge >= 0.3 is 5.97 Å². The number of hydrogen-bond acceptors (Lipinski definition) is 6. The number of carbonyl (C=O) groups is 2. The summed E-state index contributed by atoms with van der Waals surface area (Å²) in [5.41, 5.74) is 3.71. The molecule has 0 radical (unpaired) electrons. The summed E-state index contributed by atoms with van der Waals surface area (Å²) < 4.78 is 12.6. The number of carbonyl (C=O) groups excluding carboxylic acids is 2. The first-order valence-electron chi connectivity index (χ1n) is 12.6. The zero-order chi connectivity index (χ0) is 25.1. The minimum absolute atomic E-state index is 0.130. The Morgan fingerprint density at radius 3 is 2.75 bits per heavy atom. The van der Waals surface area contributed by atoms with Gasteiger partial charge in [-0.25, -0.2) is 9.97 Å². The number of benzene rings is 1. The summed E-state index contributed by atoms with van der Waals surface area (Å²) in [7, 11) is 1.39. The molecule has 1 saturated heterocycles. The molecule has 1 saturated carbocycles. The molecular weight excluding hydrogens is 480 g/mol. The van der Waals surface area contributed by atoms with E-state index >= 15 is 0 Å². The van der Waals surface area contributed by atoms with Gasteiger partial charge in [-0.1, -0.05) is 24.1 Å². The molecule has 0 unspecified atom stereocenters. The molecule has 2 fully saturated rings. The van der Waals surface area contributed by atoms with Crippen LogP contribution in [0.1, 0.15) is 38.5 Å². The van der Waals surface area contributed by atoms with Gasteiger partial charge in [-0.05, 0) is 61.8 Å². The Labute approximate surface area is 215 Å². The Balaban J connectivity index is 1.34. The van der Waals surface area contributed by atoms with Crippen LogP contribution >= 0.6 is 11.6 Å². The first kappa shape index (κ1) is 24.7. The third kappa shape index (κ3) is 5.39. The van der Waals surface area contributed by atoms with E-state index in [1.54, 1.807) is 12.3 Å². The Morgan fingerprint density at radius 2 is 1.94 bits per heavy atom. The predicted octanol–water partition coefficient (Wildman–Crippen LogP) is 5.10. The van der Waals surface area contributed by atoms with E-state index in [1.165, 1.54) is 7.11 Å². The van der Waals surface area contributed by atoms with Gasteiger partial charge in [0, 0.05) is 37.4 Å². The number of rotatable bonds is 6. The van der Waals surface area contributed by atoms with Crippen LogP contribution in [0.15, 0.2) is 36.8 Å². The van der Waals surface area contributed by atoms with Crippen LogP contribution in [0.3, 0.4) is 0 Å². The first-order chi connectivity index (χ1) is 17.5. The quantitative estimate of drug-likeness (QED) is 0.464. The minimum atomic E-state index is -0.250. The van der Waals surface area contributed by atoms with E-state index in [-0.39, 0.29) is 23.7 Å². The van der Waals surface area contributed by atoms with Gasteiger partial charge in [0.25, 0.3) is 0 Å². The maximum Gasteiger partial charge on any atom is 0.308 e. The standard InChI is InChI=1S/C27H31ClN4O4/c1-35-27(34)20-4-2-3-19(11-20)26(33)31-25-13-21(22(28)14-29-25)18-5-6-23-24(12-18)32(16-30-23)15-17-7-9-36-10-8-17/h5-6,12-14,16-17,19-20H,2-4,7-11,15H2,1H3,(H,29,31,33)/t19-,20+/m1/s1. The molecule has 1 aliphatic heterocycles. The highest BCUT2D eigenvalue weighted by atomic mass is 35.5. The molecule has 2 aromatic heterocycles. The molecule has 5 rings (SSSR count). The van der Waals surface area contributed by atoms with Crippen molar-refractivity contribution < 1.29 is 19.1 Å². The van der Waals surface area contributed by atoms with Gasteiger partial charge in [-0.15, -0.1) is 0 Å². The molecule has 1 aliphatic carbocycles. The van der Waals surface area contributed by atoms with Crippen molar-refractivity contribution in [1.29, 1.82) is 0 Å². The van der Waals surface area contributed by atoms with Crippen LogP contribution in [-0.2, 0) is 25.6 Å². The molecule has 9 heteroatoms. The van der Waals surface area contributed by atoms with E-state index < -0.39 is 0 Å². The van der Waals surface area contributed by atoms with Crippen LogP contribution in [0.2, 0.25) is 5.02 Å². The third-order valence-electron chi connectivity index (χ3n) is 7.41. The lowest BCUT2D eigenvalue weighted by Crippen LogP contribution is -2.31. The summed E-state index contributed by atoms with van der Waals surface area (Å²) in [4.78, 5) is 33.8. The Hall–Kier alpha value is -2.97. The Kier molecular flexibility index (Phi) is 7.53. The molecule has 190 valence electrons. The van der Waals surface area contributed by atoms with E-state index in [9.17, 15) is 9.59 Å². The maximum atomic E-state index is 13.0. The number of halogens is 1. The molecule has 1 aromatic carbocycles. The van der Waals surface area contributed by atoms with Gasteiger partial charge in [0.15, 0.2) is 0 Å². The molecule has 8 nitrogen and oxygen atoms in total. The van der Waals surface area contributed by atoms with Crippen molar-refractivity contribution in [3.8, 4) is 11.1 Å². The van der Waals surface area contributed by atoms with E-state index in [4.69, 9.17) is 21.1 Å². The summed E-state index contributed by atoms with van der Waals surface area (Å²) in [6, 6.07) is 7.88. The summed E-state index contributed by atoms with van der Waals surface area (Å²) in [5, 5.41) is 3.44. The highest BCUT2D eigenvalue weighted by Crippen LogP contribution is 2.34. The molecule has 3 heterocycles. The Bertz CT molecular complexity index is 1250. The van der Waals surface area contributed by atoms with Crippen LogP contribution in [0.4, 0.5) is 5.82 Å². The number of methoxy groups -OCH3 is 1. The van der Waals surface area contributed by atoms with Crippen molar-refractivity contribution in [1.82, 2.24) is 14.5 Å². The molecule has 0 spiro atoms.